The van der Waals surface area contributed by atoms with Crippen LogP contribution < -0.4 is 0 Å². The number of carbonyl (C=O) groups excluding carboxylic acids is 2. The molecular formula is C16H21NO2S. The van der Waals surface area contributed by atoms with Crippen LogP contribution in [0.2, 0.25) is 0 Å². The fourth-order valence-corrected chi connectivity index (χ4v) is 2.21. The van der Waals surface area contributed by atoms with Gasteiger partial charge in [0.1, 0.15) is 5.78 Å². The quantitative estimate of drug-likeness (QED) is 0.545. The number of hydrogen-bond donors (Lipinski definition) is 0. The molecule has 0 saturated carbocycles. The minimum atomic E-state index is -0.00552. The summed E-state index contributed by atoms with van der Waals surface area (Å²) in [6, 6.07) is 8.15. The average Bonchev–Trinajstić information content (AvgIpc) is 2.45. The Kier molecular flexibility index (Phi) is 7.09. The topological polar surface area (TPSA) is 37.4 Å². The first-order valence-electron chi connectivity index (χ1n) is 6.58. The zero-order valence-electron chi connectivity index (χ0n) is 12.1. The van der Waals surface area contributed by atoms with Crippen LogP contribution in [-0.2, 0) is 16.1 Å². The minimum Gasteiger partial charge on any atom is -0.335 e. The van der Waals surface area contributed by atoms with Gasteiger partial charge in [-0.3, -0.25) is 4.79 Å². The van der Waals surface area contributed by atoms with Crippen molar-refractivity contribution in [3.8, 4) is 0 Å². The molecular weight excluding hydrogens is 270 g/mol. The number of carbonyl (C=O) groups is 2. The van der Waals surface area contributed by atoms with E-state index in [1.165, 1.54) is 11.8 Å². The van der Waals surface area contributed by atoms with Crippen molar-refractivity contribution in [3.63, 3.8) is 0 Å². The number of ketones is 1. The molecule has 0 radical (unpaired) electrons. The van der Waals surface area contributed by atoms with Gasteiger partial charge in [0, 0.05) is 30.8 Å². The molecule has 1 amide bonds. The molecule has 0 spiro atoms. The summed E-state index contributed by atoms with van der Waals surface area (Å²) in [6.07, 6.45) is 4.32. The molecule has 0 saturated heterocycles. The first kappa shape index (κ1) is 16.5. The Bertz CT molecular complexity index is 468. The van der Waals surface area contributed by atoms with Crippen LogP contribution in [0.1, 0.15) is 25.3 Å². The number of benzene rings is 1. The molecule has 3 nitrogen and oxygen atoms in total. The second-order valence-electron chi connectivity index (χ2n) is 4.61. The first-order valence-corrected chi connectivity index (χ1v) is 7.80. The van der Waals surface area contributed by atoms with Crippen LogP contribution >= 0.6 is 11.8 Å². The molecule has 0 aromatic heterocycles. The van der Waals surface area contributed by atoms with Crippen molar-refractivity contribution in [2.75, 3.05) is 12.8 Å². The van der Waals surface area contributed by atoms with Gasteiger partial charge in [-0.2, -0.15) is 0 Å². The van der Waals surface area contributed by atoms with E-state index in [1.807, 2.05) is 30.5 Å². The van der Waals surface area contributed by atoms with Gasteiger partial charge in [0.05, 0.1) is 0 Å². The Balaban J connectivity index is 2.67. The van der Waals surface area contributed by atoms with Gasteiger partial charge in [-0.15, -0.1) is 18.3 Å². The third kappa shape index (κ3) is 5.61. The van der Waals surface area contributed by atoms with E-state index in [2.05, 4.69) is 6.58 Å². The van der Waals surface area contributed by atoms with Gasteiger partial charge >= 0.3 is 0 Å². The lowest BCUT2D eigenvalue weighted by Crippen LogP contribution is -2.30. The highest BCUT2D eigenvalue weighted by Crippen LogP contribution is 2.16. The smallest absolute Gasteiger partial charge is 0.223 e. The molecule has 0 unspecified atom stereocenters. The molecule has 0 aliphatic rings. The number of amides is 1. The van der Waals surface area contributed by atoms with E-state index in [-0.39, 0.29) is 18.1 Å². The van der Waals surface area contributed by atoms with Crippen molar-refractivity contribution in [2.24, 2.45) is 0 Å². The maximum atomic E-state index is 12.1. The lowest BCUT2D eigenvalue weighted by molar-refractivity contribution is -0.133. The van der Waals surface area contributed by atoms with Crippen LogP contribution in [0.25, 0.3) is 0 Å². The van der Waals surface area contributed by atoms with E-state index < -0.39 is 0 Å². The molecule has 1 aromatic carbocycles. The molecule has 20 heavy (non-hydrogen) atoms. The SMILES string of the molecule is C=CCN(Cc1ccc(SC)cc1)C(=O)CCC(C)=O. The van der Waals surface area contributed by atoms with E-state index in [0.717, 1.165) is 5.56 Å². The second kappa shape index (κ2) is 8.59. The van der Waals surface area contributed by atoms with Crippen molar-refractivity contribution in [1.82, 2.24) is 4.90 Å². The number of Topliss-reactive ketones (excluding diaryl/α,β-unsaturated/α-hetero) is 1. The number of hydrogen-bond acceptors (Lipinski definition) is 3. The maximum absolute atomic E-state index is 12.1. The average molecular weight is 291 g/mol. The second-order valence-corrected chi connectivity index (χ2v) is 5.49. The van der Waals surface area contributed by atoms with Crippen molar-refractivity contribution in [2.45, 2.75) is 31.2 Å². The summed E-state index contributed by atoms with van der Waals surface area (Å²) in [5.74, 6) is 0.0373. The van der Waals surface area contributed by atoms with Crippen LogP contribution in [0.15, 0.2) is 41.8 Å². The zero-order valence-corrected chi connectivity index (χ0v) is 12.9. The van der Waals surface area contributed by atoms with Crippen LogP contribution in [0.4, 0.5) is 0 Å². The molecule has 0 N–H and O–H groups in total. The van der Waals surface area contributed by atoms with E-state index in [1.54, 1.807) is 22.7 Å². The summed E-state index contributed by atoms with van der Waals surface area (Å²) in [6.45, 7) is 6.24. The van der Waals surface area contributed by atoms with Crippen molar-refractivity contribution in [1.29, 1.82) is 0 Å². The highest BCUT2D eigenvalue weighted by atomic mass is 32.2. The predicted octanol–water partition coefficient (Wildman–Crippen LogP) is 3.29. The molecule has 0 atom stereocenters. The monoisotopic (exact) mass is 291 g/mol. The summed E-state index contributed by atoms with van der Waals surface area (Å²) >= 11 is 1.69. The van der Waals surface area contributed by atoms with Gasteiger partial charge in [0.25, 0.3) is 0 Å². The predicted molar refractivity (Wildman–Crippen MR) is 83.8 cm³/mol. The Morgan fingerprint density at radius 1 is 1.25 bits per heavy atom. The largest absolute Gasteiger partial charge is 0.335 e. The Hall–Kier alpha value is -1.55. The standard InChI is InChI=1S/C16H21NO2S/c1-4-11-17(16(19)10-5-13(2)18)12-14-6-8-15(20-3)9-7-14/h4,6-9H,1,5,10-12H2,2-3H3. The molecule has 0 aliphatic carbocycles. The molecule has 4 heteroatoms. The fraction of sp³-hybridized carbons (Fsp3) is 0.375. The Morgan fingerprint density at radius 3 is 2.40 bits per heavy atom. The lowest BCUT2D eigenvalue weighted by atomic mass is 10.2. The van der Waals surface area contributed by atoms with E-state index in [9.17, 15) is 9.59 Å². The van der Waals surface area contributed by atoms with Gasteiger partial charge < -0.3 is 9.69 Å². The van der Waals surface area contributed by atoms with Crippen LogP contribution in [0, 0.1) is 0 Å². The van der Waals surface area contributed by atoms with Crippen molar-refractivity contribution >= 4 is 23.5 Å². The van der Waals surface area contributed by atoms with Crippen molar-refractivity contribution in [3.05, 3.63) is 42.5 Å². The molecule has 0 bridgehead atoms. The minimum absolute atomic E-state index is 0.00552. The number of thioether (sulfide) groups is 1. The number of nitrogens with zero attached hydrogens (tertiary/aromatic N) is 1. The highest BCUT2D eigenvalue weighted by molar-refractivity contribution is 7.98. The molecule has 1 rings (SSSR count). The summed E-state index contributed by atoms with van der Waals surface area (Å²) in [7, 11) is 0. The third-order valence-electron chi connectivity index (χ3n) is 2.93. The molecule has 1 aromatic rings. The molecule has 0 aliphatic heterocycles. The van der Waals surface area contributed by atoms with Gasteiger partial charge in [0.2, 0.25) is 5.91 Å². The summed E-state index contributed by atoms with van der Waals surface area (Å²) in [5, 5.41) is 0. The van der Waals surface area contributed by atoms with E-state index in [4.69, 9.17) is 0 Å². The summed E-state index contributed by atoms with van der Waals surface area (Å²) < 4.78 is 0. The molecule has 0 heterocycles. The summed E-state index contributed by atoms with van der Waals surface area (Å²) in [4.78, 5) is 26.0. The van der Waals surface area contributed by atoms with E-state index in [0.29, 0.717) is 19.5 Å². The number of rotatable bonds is 8. The normalized spacial score (nSPS) is 10.1. The Labute approximate surface area is 125 Å². The fourth-order valence-electron chi connectivity index (χ4n) is 1.80. The van der Waals surface area contributed by atoms with Crippen LogP contribution in [-0.4, -0.2) is 29.4 Å². The van der Waals surface area contributed by atoms with Gasteiger partial charge in [-0.25, -0.2) is 0 Å². The van der Waals surface area contributed by atoms with Gasteiger partial charge in [-0.1, -0.05) is 18.2 Å². The van der Waals surface area contributed by atoms with Crippen LogP contribution in [0.3, 0.4) is 0 Å². The van der Waals surface area contributed by atoms with Crippen LogP contribution in [0.5, 0.6) is 0 Å². The van der Waals surface area contributed by atoms with Crippen molar-refractivity contribution < 1.29 is 9.59 Å². The first-order chi connectivity index (χ1) is 9.56. The zero-order chi connectivity index (χ0) is 15.0. The van der Waals surface area contributed by atoms with Gasteiger partial charge in [0.15, 0.2) is 0 Å². The summed E-state index contributed by atoms with van der Waals surface area (Å²) in [5.41, 5.74) is 1.08. The Morgan fingerprint density at radius 2 is 1.90 bits per heavy atom. The third-order valence-corrected chi connectivity index (χ3v) is 3.67. The maximum Gasteiger partial charge on any atom is 0.223 e. The molecule has 108 valence electrons. The lowest BCUT2D eigenvalue weighted by Gasteiger charge is -2.21. The molecule has 0 fully saturated rings. The van der Waals surface area contributed by atoms with E-state index >= 15 is 0 Å². The highest BCUT2D eigenvalue weighted by Gasteiger charge is 2.13. The van der Waals surface area contributed by atoms with Gasteiger partial charge in [-0.05, 0) is 30.9 Å².